The van der Waals surface area contributed by atoms with E-state index < -0.39 is 11.7 Å². The van der Waals surface area contributed by atoms with Gasteiger partial charge in [0.1, 0.15) is 5.83 Å². The van der Waals surface area contributed by atoms with E-state index in [0.717, 1.165) is 5.57 Å². The molecule has 0 aromatic carbocycles. The quantitative estimate of drug-likeness (QED) is 0.522. The van der Waals surface area contributed by atoms with Gasteiger partial charge in [-0.15, -0.1) is 0 Å². The Kier molecular flexibility index (Phi) is 2.36. The molecule has 1 rings (SSSR count). The highest BCUT2D eigenvalue weighted by Gasteiger charge is 2.28. The molecule has 0 nitrogen and oxygen atoms in total. The fraction of sp³-hybridized carbons (Fsp3) is 0.600. The number of allylic oxidation sites excluding steroid dienone is 4. The van der Waals surface area contributed by atoms with Crippen LogP contribution >= 0.6 is 0 Å². The van der Waals surface area contributed by atoms with Gasteiger partial charge in [0.25, 0.3) is 0 Å². The molecule has 0 spiro atoms. The molecule has 0 aromatic heterocycles. The summed E-state index contributed by atoms with van der Waals surface area (Å²) in [4.78, 5) is 0. The second-order valence-corrected chi connectivity index (χ2v) is 3.55. The standard InChI is InChI=1S/C10H14F2/c1-5-6(2)8(4)10(12)9(11)7(5)3/h5,7H,1-4H3. The molecule has 1 aliphatic rings. The fourth-order valence-electron chi connectivity index (χ4n) is 1.49. The molecule has 2 atom stereocenters. The first-order valence-electron chi connectivity index (χ1n) is 4.19. The van der Waals surface area contributed by atoms with Gasteiger partial charge in [0.2, 0.25) is 0 Å². The van der Waals surface area contributed by atoms with Crippen LogP contribution in [0.2, 0.25) is 0 Å². The van der Waals surface area contributed by atoms with E-state index in [-0.39, 0.29) is 11.8 Å². The van der Waals surface area contributed by atoms with Crippen molar-refractivity contribution in [3.05, 3.63) is 22.8 Å². The Morgan fingerprint density at radius 2 is 1.50 bits per heavy atom. The van der Waals surface area contributed by atoms with Crippen molar-refractivity contribution in [2.75, 3.05) is 0 Å². The van der Waals surface area contributed by atoms with Gasteiger partial charge in [-0.05, 0) is 25.3 Å². The van der Waals surface area contributed by atoms with Crippen LogP contribution in [0.1, 0.15) is 27.7 Å². The van der Waals surface area contributed by atoms with Crippen LogP contribution in [0, 0.1) is 11.8 Å². The van der Waals surface area contributed by atoms with Crippen molar-refractivity contribution >= 4 is 0 Å². The number of hydrogen-bond acceptors (Lipinski definition) is 0. The normalized spacial score (nSPS) is 31.5. The van der Waals surface area contributed by atoms with Crippen LogP contribution in [0.3, 0.4) is 0 Å². The molecule has 2 unspecified atom stereocenters. The van der Waals surface area contributed by atoms with Crippen molar-refractivity contribution in [3.63, 3.8) is 0 Å². The van der Waals surface area contributed by atoms with E-state index in [1.54, 1.807) is 13.8 Å². The molecule has 2 heteroatoms. The van der Waals surface area contributed by atoms with E-state index in [1.165, 1.54) is 0 Å². The van der Waals surface area contributed by atoms with Gasteiger partial charge in [-0.3, -0.25) is 0 Å². The topological polar surface area (TPSA) is 0 Å². The van der Waals surface area contributed by atoms with Gasteiger partial charge < -0.3 is 0 Å². The summed E-state index contributed by atoms with van der Waals surface area (Å²) in [6, 6.07) is 0. The van der Waals surface area contributed by atoms with Crippen LogP contribution in [0.4, 0.5) is 8.78 Å². The molecule has 0 radical (unpaired) electrons. The lowest BCUT2D eigenvalue weighted by Crippen LogP contribution is -2.17. The Balaban J connectivity index is 3.18. The van der Waals surface area contributed by atoms with Crippen LogP contribution in [0.5, 0.6) is 0 Å². The summed E-state index contributed by atoms with van der Waals surface area (Å²) in [6.07, 6.45) is 0. The van der Waals surface area contributed by atoms with E-state index in [2.05, 4.69) is 0 Å². The molecule has 0 saturated heterocycles. The van der Waals surface area contributed by atoms with Crippen LogP contribution in [-0.4, -0.2) is 0 Å². The zero-order chi connectivity index (χ0) is 9.46. The molecule has 0 bridgehead atoms. The third-order valence-corrected chi connectivity index (χ3v) is 2.96. The van der Waals surface area contributed by atoms with Gasteiger partial charge in [0, 0.05) is 5.92 Å². The summed E-state index contributed by atoms with van der Waals surface area (Å²) in [7, 11) is 0. The minimum atomic E-state index is -0.655. The third kappa shape index (κ3) is 1.19. The minimum Gasteiger partial charge on any atom is -0.208 e. The van der Waals surface area contributed by atoms with E-state index in [4.69, 9.17) is 0 Å². The van der Waals surface area contributed by atoms with Gasteiger partial charge in [-0.1, -0.05) is 19.4 Å². The molecule has 0 saturated carbocycles. The lowest BCUT2D eigenvalue weighted by Gasteiger charge is -2.26. The smallest absolute Gasteiger partial charge is 0.157 e. The first kappa shape index (κ1) is 9.43. The average Bonchev–Trinajstić information content (AvgIpc) is 2.08. The van der Waals surface area contributed by atoms with Gasteiger partial charge in [-0.2, -0.15) is 0 Å². The molecule has 0 fully saturated rings. The Hall–Kier alpha value is -0.660. The summed E-state index contributed by atoms with van der Waals surface area (Å²) in [5.41, 5.74) is 1.43. The van der Waals surface area contributed by atoms with Gasteiger partial charge in [0.05, 0.1) is 0 Å². The maximum Gasteiger partial charge on any atom is 0.157 e. The fourth-order valence-corrected chi connectivity index (χ4v) is 1.49. The molecule has 0 aliphatic heterocycles. The highest BCUT2D eigenvalue weighted by molar-refractivity contribution is 5.36. The first-order chi connectivity index (χ1) is 5.46. The first-order valence-corrected chi connectivity index (χ1v) is 4.19. The second-order valence-electron chi connectivity index (χ2n) is 3.55. The van der Waals surface area contributed by atoms with Crippen molar-refractivity contribution in [1.82, 2.24) is 0 Å². The SMILES string of the molecule is CC1=C(C)C(C)C(C)C(F)=C1F. The molecule has 1 aliphatic carbocycles. The number of hydrogen-bond donors (Lipinski definition) is 0. The monoisotopic (exact) mass is 172 g/mol. The largest absolute Gasteiger partial charge is 0.208 e. The Labute approximate surface area is 72.0 Å². The third-order valence-electron chi connectivity index (χ3n) is 2.96. The van der Waals surface area contributed by atoms with Crippen molar-refractivity contribution < 1.29 is 8.78 Å². The predicted octanol–water partition coefficient (Wildman–Crippen LogP) is 3.76. The maximum absolute atomic E-state index is 13.1. The Bertz CT molecular complexity index is 233. The lowest BCUT2D eigenvalue weighted by atomic mass is 9.81. The lowest BCUT2D eigenvalue weighted by molar-refractivity contribution is 0.367. The van der Waals surface area contributed by atoms with Crippen LogP contribution < -0.4 is 0 Å². The van der Waals surface area contributed by atoms with Crippen molar-refractivity contribution in [2.45, 2.75) is 27.7 Å². The molecule has 12 heavy (non-hydrogen) atoms. The summed E-state index contributed by atoms with van der Waals surface area (Å²) >= 11 is 0. The van der Waals surface area contributed by atoms with E-state index in [9.17, 15) is 8.78 Å². The number of rotatable bonds is 0. The van der Waals surface area contributed by atoms with Crippen molar-refractivity contribution in [1.29, 1.82) is 0 Å². The molecular formula is C10H14F2. The van der Waals surface area contributed by atoms with E-state index >= 15 is 0 Å². The molecule has 0 heterocycles. The summed E-state index contributed by atoms with van der Waals surface area (Å²) in [5.74, 6) is -1.44. The summed E-state index contributed by atoms with van der Waals surface area (Å²) in [5, 5.41) is 0. The highest BCUT2D eigenvalue weighted by atomic mass is 19.2. The van der Waals surface area contributed by atoms with Gasteiger partial charge in [0.15, 0.2) is 5.83 Å². The minimum absolute atomic E-state index is 0.115. The zero-order valence-electron chi connectivity index (χ0n) is 7.91. The summed E-state index contributed by atoms with van der Waals surface area (Å²) in [6.45, 7) is 7.14. The van der Waals surface area contributed by atoms with Crippen molar-refractivity contribution in [2.24, 2.45) is 11.8 Å². The predicted molar refractivity (Wildman–Crippen MR) is 45.9 cm³/mol. The Morgan fingerprint density at radius 3 is 2.00 bits per heavy atom. The average molecular weight is 172 g/mol. The van der Waals surface area contributed by atoms with Crippen LogP contribution in [0.15, 0.2) is 22.8 Å². The van der Waals surface area contributed by atoms with Gasteiger partial charge >= 0.3 is 0 Å². The maximum atomic E-state index is 13.1. The van der Waals surface area contributed by atoms with Crippen molar-refractivity contribution in [3.8, 4) is 0 Å². The zero-order valence-corrected chi connectivity index (χ0v) is 7.91. The highest BCUT2D eigenvalue weighted by Crippen LogP contribution is 2.39. The molecular weight excluding hydrogens is 158 g/mol. The summed E-state index contributed by atoms with van der Waals surface area (Å²) < 4.78 is 26.2. The number of halogens is 2. The molecule has 0 N–H and O–H groups in total. The van der Waals surface area contributed by atoms with E-state index in [1.807, 2.05) is 13.8 Å². The van der Waals surface area contributed by atoms with E-state index in [0.29, 0.717) is 5.57 Å². The van der Waals surface area contributed by atoms with Crippen LogP contribution in [-0.2, 0) is 0 Å². The van der Waals surface area contributed by atoms with Gasteiger partial charge in [-0.25, -0.2) is 8.78 Å². The molecule has 0 aromatic rings. The molecule has 0 amide bonds. The Morgan fingerprint density at radius 1 is 1.00 bits per heavy atom. The van der Waals surface area contributed by atoms with Crippen LogP contribution in [0.25, 0.3) is 0 Å². The second kappa shape index (κ2) is 3.00. The molecule has 68 valence electrons.